The van der Waals surface area contributed by atoms with Crippen LogP contribution in [-0.4, -0.2) is 31.6 Å². The highest BCUT2D eigenvalue weighted by molar-refractivity contribution is 5.99. The van der Waals surface area contributed by atoms with Crippen LogP contribution in [0.3, 0.4) is 0 Å². The van der Waals surface area contributed by atoms with Crippen molar-refractivity contribution in [3.63, 3.8) is 0 Å². The van der Waals surface area contributed by atoms with Crippen LogP contribution in [0.15, 0.2) is 29.3 Å². The molecule has 0 aliphatic carbocycles. The molecule has 0 bridgehead atoms. The molecule has 1 unspecified atom stereocenters. The molecule has 3 N–H and O–H groups in total. The van der Waals surface area contributed by atoms with E-state index in [-0.39, 0.29) is 6.04 Å². The minimum absolute atomic E-state index is 0.124. The molecule has 1 atom stereocenters. The maximum atomic E-state index is 5.80. The summed E-state index contributed by atoms with van der Waals surface area (Å²) in [5.41, 5.74) is 7.19. The number of nitrogens with two attached hydrogens (primary N) is 1. The molecule has 0 aromatic heterocycles. The standard InChI is InChI=1S/C16H25N3O/c1-16(2,3)8-9-20-14-6-4-12(5-7-14)15-18-10-13(17)11-19-15/h4-7,13H,8-11,17H2,1-3H3,(H,18,19). The van der Waals surface area contributed by atoms with E-state index in [2.05, 4.69) is 31.1 Å². The molecule has 110 valence electrons. The lowest BCUT2D eigenvalue weighted by atomic mass is 9.93. The normalized spacial score (nSPS) is 19.2. The molecule has 2 rings (SSSR count). The monoisotopic (exact) mass is 275 g/mol. The van der Waals surface area contributed by atoms with Gasteiger partial charge in [-0.05, 0) is 36.1 Å². The van der Waals surface area contributed by atoms with E-state index in [1.165, 1.54) is 0 Å². The first-order valence-electron chi connectivity index (χ1n) is 7.21. The summed E-state index contributed by atoms with van der Waals surface area (Å²) in [4.78, 5) is 4.44. The maximum Gasteiger partial charge on any atom is 0.128 e. The molecule has 0 amide bonds. The average Bonchev–Trinajstić information content (AvgIpc) is 2.39. The van der Waals surface area contributed by atoms with Crippen LogP contribution in [0.25, 0.3) is 0 Å². The zero-order chi connectivity index (χ0) is 14.6. The topological polar surface area (TPSA) is 59.6 Å². The van der Waals surface area contributed by atoms with Gasteiger partial charge in [-0.1, -0.05) is 20.8 Å². The zero-order valence-electron chi connectivity index (χ0n) is 12.6. The summed E-state index contributed by atoms with van der Waals surface area (Å²) in [5.74, 6) is 1.83. The number of rotatable bonds is 4. The van der Waals surface area contributed by atoms with Crippen molar-refractivity contribution in [2.45, 2.75) is 33.2 Å². The van der Waals surface area contributed by atoms with Crippen molar-refractivity contribution < 1.29 is 4.74 Å². The second kappa shape index (κ2) is 6.27. The van der Waals surface area contributed by atoms with Crippen LogP contribution < -0.4 is 15.8 Å². The lowest BCUT2D eigenvalue weighted by Crippen LogP contribution is -2.44. The molecular weight excluding hydrogens is 250 g/mol. The number of ether oxygens (including phenoxy) is 1. The fraction of sp³-hybridized carbons (Fsp3) is 0.562. The van der Waals surface area contributed by atoms with Crippen LogP contribution in [0, 0.1) is 5.41 Å². The van der Waals surface area contributed by atoms with Crippen molar-refractivity contribution in [3.8, 4) is 5.75 Å². The molecule has 1 aromatic rings. The molecule has 0 radical (unpaired) electrons. The predicted molar refractivity (Wildman–Crippen MR) is 83.4 cm³/mol. The molecule has 0 spiro atoms. The molecule has 20 heavy (non-hydrogen) atoms. The molecule has 1 aliphatic heterocycles. The van der Waals surface area contributed by atoms with E-state index in [4.69, 9.17) is 10.5 Å². The number of nitrogens with one attached hydrogen (secondary N) is 1. The smallest absolute Gasteiger partial charge is 0.128 e. The Hall–Kier alpha value is -1.55. The maximum absolute atomic E-state index is 5.80. The van der Waals surface area contributed by atoms with Gasteiger partial charge in [0, 0.05) is 18.2 Å². The lowest BCUT2D eigenvalue weighted by Gasteiger charge is -2.20. The second-order valence-electron chi connectivity index (χ2n) is 6.51. The van der Waals surface area contributed by atoms with Gasteiger partial charge in [-0.3, -0.25) is 4.99 Å². The van der Waals surface area contributed by atoms with E-state index in [1.807, 2.05) is 24.3 Å². The number of hydrogen-bond donors (Lipinski definition) is 2. The summed E-state index contributed by atoms with van der Waals surface area (Å²) >= 11 is 0. The van der Waals surface area contributed by atoms with Gasteiger partial charge < -0.3 is 15.8 Å². The van der Waals surface area contributed by atoms with Crippen LogP contribution in [0.1, 0.15) is 32.8 Å². The molecule has 0 saturated carbocycles. The average molecular weight is 275 g/mol. The summed E-state index contributed by atoms with van der Waals surface area (Å²) in [6, 6.07) is 8.19. The van der Waals surface area contributed by atoms with E-state index in [9.17, 15) is 0 Å². The zero-order valence-corrected chi connectivity index (χ0v) is 12.6. The van der Waals surface area contributed by atoms with E-state index < -0.39 is 0 Å². The Labute approximate surface area is 121 Å². The fourth-order valence-electron chi connectivity index (χ4n) is 1.93. The first kappa shape index (κ1) is 14.9. The Morgan fingerprint density at radius 2 is 2.00 bits per heavy atom. The quantitative estimate of drug-likeness (QED) is 0.885. The summed E-state index contributed by atoms with van der Waals surface area (Å²) in [5, 5.41) is 3.25. The molecular formula is C16H25N3O. The summed E-state index contributed by atoms with van der Waals surface area (Å²) in [6.45, 7) is 8.87. The predicted octanol–water partition coefficient (Wildman–Crippen LogP) is 2.18. The van der Waals surface area contributed by atoms with Gasteiger partial charge in [0.15, 0.2) is 0 Å². The minimum Gasteiger partial charge on any atom is -0.494 e. The molecule has 4 heteroatoms. The van der Waals surface area contributed by atoms with E-state index >= 15 is 0 Å². The Kier molecular flexibility index (Phi) is 4.65. The van der Waals surface area contributed by atoms with Gasteiger partial charge in [0.05, 0.1) is 13.2 Å². The Morgan fingerprint density at radius 1 is 1.30 bits per heavy atom. The van der Waals surface area contributed by atoms with Crippen LogP contribution in [-0.2, 0) is 0 Å². The third kappa shape index (κ3) is 4.53. The van der Waals surface area contributed by atoms with Crippen LogP contribution in [0.5, 0.6) is 5.75 Å². The Morgan fingerprint density at radius 3 is 2.55 bits per heavy atom. The highest BCUT2D eigenvalue weighted by Crippen LogP contribution is 2.20. The first-order chi connectivity index (χ1) is 9.44. The molecule has 1 aromatic carbocycles. The first-order valence-corrected chi connectivity index (χ1v) is 7.21. The Bertz CT molecular complexity index is 460. The van der Waals surface area contributed by atoms with Gasteiger partial charge in [-0.15, -0.1) is 0 Å². The summed E-state index contributed by atoms with van der Waals surface area (Å²) in [7, 11) is 0. The van der Waals surface area contributed by atoms with Crippen LogP contribution in [0.2, 0.25) is 0 Å². The minimum atomic E-state index is 0.124. The van der Waals surface area contributed by atoms with Gasteiger partial charge >= 0.3 is 0 Å². The number of amidine groups is 1. The van der Waals surface area contributed by atoms with Gasteiger partial charge in [0.2, 0.25) is 0 Å². The third-order valence-electron chi connectivity index (χ3n) is 3.26. The fourth-order valence-corrected chi connectivity index (χ4v) is 1.93. The van der Waals surface area contributed by atoms with Gasteiger partial charge in [0.1, 0.15) is 11.6 Å². The molecule has 1 heterocycles. The number of hydrogen-bond acceptors (Lipinski definition) is 4. The van der Waals surface area contributed by atoms with Gasteiger partial charge in [-0.2, -0.15) is 0 Å². The largest absolute Gasteiger partial charge is 0.494 e. The van der Waals surface area contributed by atoms with Gasteiger partial charge in [-0.25, -0.2) is 0 Å². The summed E-state index contributed by atoms with van der Waals surface area (Å²) < 4.78 is 5.76. The highest BCUT2D eigenvalue weighted by atomic mass is 16.5. The Balaban J connectivity index is 1.90. The van der Waals surface area contributed by atoms with Crippen molar-refractivity contribution in [2.24, 2.45) is 16.1 Å². The molecule has 4 nitrogen and oxygen atoms in total. The lowest BCUT2D eigenvalue weighted by molar-refractivity contribution is 0.243. The molecule has 1 aliphatic rings. The number of aliphatic imine (C=N–C) groups is 1. The summed E-state index contributed by atoms with van der Waals surface area (Å²) in [6.07, 6.45) is 1.04. The number of benzene rings is 1. The van der Waals surface area contributed by atoms with Crippen LogP contribution in [0.4, 0.5) is 0 Å². The van der Waals surface area contributed by atoms with Crippen molar-refractivity contribution in [3.05, 3.63) is 29.8 Å². The van der Waals surface area contributed by atoms with E-state index in [1.54, 1.807) is 0 Å². The van der Waals surface area contributed by atoms with Crippen molar-refractivity contribution in [1.82, 2.24) is 5.32 Å². The van der Waals surface area contributed by atoms with Crippen molar-refractivity contribution in [2.75, 3.05) is 19.7 Å². The third-order valence-corrected chi connectivity index (χ3v) is 3.26. The van der Waals surface area contributed by atoms with Crippen molar-refractivity contribution >= 4 is 5.84 Å². The molecule has 0 fully saturated rings. The van der Waals surface area contributed by atoms with Crippen LogP contribution >= 0.6 is 0 Å². The van der Waals surface area contributed by atoms with Gasteiger partial charge in [0.25, 0.3) is 0 Å². The number of nitrogens with zero attached hydrogens (tertiary/aromatic N) is 1. The molecule has 0 saturated heterocycles. The van der Waals surface area contributed by atoms with E-state index in [0.29, 0.717) is 12.0 Å². The highest BCUT2D eigenvalue weighted by Gasteiger charge is 2.12. The SMILES string of the molecule is CC(C)(C)CCOc1ccc(C2=NCC(N)CN2)cc1. The van der Waals surface area contributed by atoms with E-state index in [0.717, 1.165) is 36.7 Å². The second-order valence-corrected chi connectivity index (χ2v) is 6.51. The van der Waals surface area contributed by atoms with Crippen molar-refractivity contribution in [1.29, 1.82) is 0 Å².